The molecule has 4 nitrogen and oxygen atoms in total. The van der Waals surface area contributed by atoms with Gasteiger partial charge >= 0.3 is 5.97 Å². The maximum absolute atomic E-state index is 11.9. The first-order valence-corrected chi connectivity index (χ1v) is 5.83. The molecule has 1 N–H and O–H groups in total. The van der Waals surface area contributed by atoms with E-state index in [-0.39, 0.29) is 5.97 Å². The molecule has 0 spiro atoms. The third kappa shape index (κ3) is 1.54. The van der Waals surface area contributed by atoms with Gasteiger partial charge in [-0.3, -0.25) is 4.98 Å². The number of nitrogens with zero attached hydrogens (tertiary/aromatic N) is 1. The van der Waals surface area contributed by atoms with Crippen LogP contribution < -0.4 is 0 Å². The third-order valence-corrected chi connectivity index (χ3v) is 2.92. The van der Waals surface area contributed by atoms with Crippen molar-refractivity contribution in [2.45, 2.75) is 6.92 Å². The van der Waals surface area contributed by atoms with E-state index in [2.05, 4.69) is 9.97 Å². The third-order valence-electron chi connectivity index (χ3n) is 2.92. The molecule has 0 atom stereocenters. The van der Waals surface area contributed by atoms with Crippen LogP contribution in [0.4, 0.5) is 0 Å². The van der Waals surface area contributed by atoms with Crippen LogP contribution in [0.1, 0.15) is 17.3 Å². The van der Waals surface area contributed by atoms with Gasteiger partial charge in [0.05, 0.1) is 23.9 Å². The Balaban J connectivity index is 2.35. The SMILES string of the molecule is CCOC(=O)c1cccc2[nH]c3cnccc3c12. The summed E-state index contributed by atoms with van der Waals surface area (Å²) in [7, 11) is 0. The standard InChI is InChI=1S/C14H12N2O2/c1-2-18-14(17)10-4-3-5-11-13(10)9-6-7-15-8-12(9)16-11/h3-8,16H,2H2,1H3. The largest absolute Gasteiger partial charge is 0.462 e. The fourth-order valence-corrected chi connectivity index (χ4v) is 2.18. The van der Waals surface area contributed by atoms with E-state index in [4.69, 9.17) is 4.74 Å². The highest BCUT2D eigenvalue weighted by atomic mass is 16.5. The zero-order valence-corrected chi connectivity index (χ0v) is 9.93. The van der Waals surface area contributed by atoms with Gasteiger partial charge in [-0.15, -0.1) is 0 Å². The number of nitrogens with one attached hydrogen (secondary N) is 1. The Bertz CT molecular complexity index is 731. The quantitative estimate of drug-likeness (QED) is 0.701. The predicted molar refractivity (Wildman–Crippen MR) is 69.6 cm³/mol. The van der Waals surface area contributed by atoms with Crippen molar-refractivity contribution >= 4 is 27.8 Å². The number of ether oxygens (including phenoxy) is 1. The molecule has 18 heavy (non-hydrogen) atoms. The highest BCUT2D eigenvalue weighted by Crippen LogP contribution is 2.28. The molecule has 4 heteroatoms. The molecular weight excluding hydrogens is 228 g/mol. The Morgan fingerprint density at radius 1 is 1.33 bits per heavy atom. The van der Waals surface area contributed by atoms with Gasteiger partial charge in [-0.1, -0.05) is 6.07 Å². The summed E-state index contributed by atoms with van der Waals surface area (Å²) in [5, 5.41) is 1.89. The number of fused-ring (bicyclic) bond motifs is 3. The number of pyridine rings is 1. The van der Waals surface area contributed by atoms with Crippen molar-refractivity contribution in [2.75, 3.05) is 6.61 Å². The van der Waals surface area contributed by atoms with Crippen LogP contribution in [-0.2, 0) is 4.74 Å². The average molecular weight is 240 g/mol. The van der Waals surface area contributed by atoms with Crippen molar-refractivity contribution in [3.63, 3.8) is 0 Å². The smallest absolute Gasteiger partial charge is 0.338 e. The molecule has 0 aliphatic heterocycles. The van der Waals surface area contributed by atoms with E-state index in [1.165, 1.54) is 0 Å². The lowest BCUT2D eigenvalue weighted by atomic mass is 10.1. The van der Waals surface area contributed by atoms with E-state index < -0.39 is 0 Å². The zero-order valence-electron chi connectivity index (χ0n) is 9.93. The molecule has 0 saturated heterocycles. The Hall–Kier alpha value is -2.36. The van der Waals surface area contributed by atoms with E-state index in [0.29, 0.717) is 12.2 Å². The molecule has 0 amide bonds. The summed E-state index contributed by atoms with van der Waals surface area (Å²) in [5.74, 6) is -0.291. The Morgan fingerprint density at radius 3 is 3.06 bits per heavy atom. The molecule has 0 unspecified atom stereocenters. The summed E-state index contributed by atoms with van der Waals surface area (Å²) in [6, 6.07) is 7.47. The lowest BCUT2D eigenvalue weighted by Crippen LogP contribution is -2.04. The summed E-state index contributed by atoms with van der Waals surface area (Å²) in [6.45, 7) is 2.18. The van der Waals surface area contributed by atoms with Crippen molar-refractivity contribution in [2.24, 2.45) is 0 Å². The molecule has 90 valence electrons. The second-order valence-electron chi connectivity index (χ2n) is 3.99. The van der Waals surface area contributed by atoms with E-state index in [9.17, 15) is 4.79 Å². The van der Waals surface area contributed by atoms with Crippen molar-refractivity contribution in [1.29, 1.82) is 0 Å². The molecule has 0 bridgehead atoms. The van der Waals surface area contributed by atoms with Gasteiger partial charge in [-0.05, 0) is 25.1 Å². The van der Waals surface area contributed by atoms with Crippen LogP contribution in [0.5, 0.6) is 0 Å². The number of benzene rings is 1. The van der Waals surface area contributed by atoms with Gasteiger partial charge in [0.2, 0.25) is 0 Å². The number of carbonyl (C=O) groups excluding carboxylic acids is 1. The molecule has 0 aliphatic carbocycles. The van der Waals surface area contributed by atoms with Gasteiger partial charge in [0.15, 0.2) is 0 Å². The minimum Gasteiger partial charge on any atom is -0.462 e. The minimum absolute atomic E-state index is 0.291. The second kappa shape index (κ2) is 4.14. The van der Waals surface area contributed by atoms with Gasteiger partial charge in [0.25, 0.3) is 0 Å². The maximum Gasteiger partial charge on any atom is 0.338 e. The number of aromatic nitrogens is 2. The topological polar surface area (TPSA) is 55.0 Å². The van der Waals surface area contributed by atoms with Gasteiger partial charge in [-0.25, -0.2) is 4.79 Å². The van der Waals surface area contributed by atoms with Gasteiger partial charge < -0.3 is 9.72 Å². The number of esters is 1. The van der Waals surface area contributed by atoms with Crippen molar-refractivity contribution in [1.82, 2.24) is 9.97 Å². The first-order chi connectivity index (χ1) is 8.81. The fraction of sp³-hybridized carbons (Fsp3) is 0.143. The summed E-state index contributed by atoms with van der Waals surface area (Å²) in [4.78, 5) is 19.3. The fourth-order valence-electron chi connectivity index (χ4n) is 2.18. The van der Waals surface area contributed by atoms with Crippen molar-refractivity contribution < 1.29 is 9.53 Å². The Kier molecular flexibility index (Phi) is 2.48. The minimum atomic E-state index is -0.291. The molecule has 2 aromatic heterocycles. The maximum atomic E-state index is 11.9. The first kappa shape index (κ1) is 10.8. The van der Waals surface area contributed by atoms with E-state index in [0.717, 1.165) is 21.8 Å². The zero-order chi connectivity index (χ0) is 12.5. The summed E-state index contributed by atoms with van der Waals surface area (Å²) < 4.78 is 5.09. The summed E-state index contributed by atoms with van der Waals surface area (Å²) >= 11 is 0. The van der Waals surface area contributed by atoms with Gasteiger partial charge in [0.1, 0.15) is 0 Å². The highest BCUT2D eigenvalue weighted by Gasteiger charge is 2.14. The molecular formula is C14H12N2O2. The van der Waals surface area contributed by atoms with Crippen LogP contribution in [0.2, 0.25) is 0 Å². The number of H-pyrrole nitrogens is 1. The molecule has 1 aromatic carbocycles. The number of aromatic amines is 1. The normalized spacial score (nSPS) is 10.9. The first-order valence-electron chi connectivity index (χ1n) is 5.83. The second-order valence-corrected chi connectivity index (χ2v) is 3.99. The van der Waals surface area contributed by atoms with E-state index in [1.54, 1.807) is 25.4 Å². The molecule has 2 heterocycles. The molecule has 0 saturated carbocycles. The van der Waals surface area contributed by atoms with Crippen LogP contribution >= 0.6 is 0 Å². The van der Waals surface area contributed by atoms with E-state index in [1.807, 2.05) is 18.2 Å². The number of hydrogen-bond donors (Lipinski definition) is 1. The Morgan fingerprint density at radius 2 is 2.22 bits per heavy atom. The number of carbonyl (C=O) groups is 1. The van der Waals surface area contributed by atoms with E-state index >= 15 is 0 Å². The predicted octanol–water partition coefficient (Wildman–Crippen LogP) is 2.89. The van der Waals surface area contributed by atoms with Crippen LogP contribution in [0.3, 0.4) is 0 Å². The lowest BCUT2D eigenvalue weighted by molar-refractivity contribution is 0.0529. The van der Waals surface area contributed by atoms with Crippen LogP contribution in [0, 0.1) is 0 Å². The Labute approximate surface area is 104 Å². The summed E-state index contributed by atoms with van der Waals surface area (Å²) in [6.07, 6.45) is 3.47. The molecule has 3 rings (SSSR count). The van der Waals surface area contributed by atoms with Crippen molar-refractivity contribution in [3.05, 3.63) is 42.2 Å². The van der Waals surface area contributed by atoms with Crippen LogP contribution in [0.15, 0.2) is 36.7 Å². The van der Waals surface area contributed by atoms with Gasteiger partial charge in [0, 0.05) is 22.5 Å². The number of rotatable bonds is 2. The summed E-state index contributed by atoms with van der Waals surface area (Å²) in [5.41, 5.74) is 2.43. The van der Waals surface area contributed by atoms with Crippen molar-refractivity contribution in [3.8, 4) is 0 Å². The number of hydrogen-bond acceptors (Lipinski definition) is 3. The average Bonchev–Trinajstić information content (AvgIpc) is 2.77. The van der Waals surface area contributed by atoms with Crippen LogP contribution in [0.25, 0.3) is 21.8 Å². The molecule has 0 aliphatic rings. The molecule has 3 aromatic rings. The monoisotopic (exact) mass is 240 g/mol. The highest BCUT2D eigenvalue weighted by molar-refractivity contribution is 6.16. The molecule has 0 fully saturated rings. The lowest BCUT2D eigenvalue weighted by Gasteiger charge is -2.03. The molecule has 0 radical (unpaired) electrons. The van der Waals surface area contributed by atoms with Gasteiger partial charge in [-0.2, -0.15) is 0 Å². The van der Waals surface area contributed by atoms with Crippen LogP contribution in [-0.4, -0.2) is 22.5 Å².